The number of hydrogen-bond donors (Lipinski definition) is 1. The maximum absolute atomic E-state index is 13.2. The second kappa shape index (κ2) is 6.36. The monoisotopic (exact) mass is 306 g/mol. The lowest BCUT2D eigenvalue weighted by Gasteiger charge is -2.21. The molecule has 0 heterocycles. The van der Waals surface area contributed by atoms with Crippen molar-refractivity contribution in [1.82, 2.24) is 4.31 Å². The zero-order valence-corrected chi connectivity index (χ0v) is 12.1. The molecule has 0 atom stereocenters. The molecular formula is C12H16ClFN2O2S. The zero-order valence-electron chi connectivity index (χ0n) is 10.6. The van der Waals surface area contributed by atoms with Crippen molar-refractivity contribution in [3.63, 3.8) is 0 Å². The molecule has 0 bridgehead atoms. The summed E-state index contributed by atoms with van der Waals surface area (Å²) in [5.41, 5.74) is 5.15. The Morgan fingerprint density at radius 3 is 2.68 bits per heavy atom. The highest BCUT2D eigenvalue weighted by molar-refractivity contribution is 7.89. The van der Waals surface area contributed by atoms with E-state index in [9.17, 15) is 12.8 Å². The third-order valence-corrected chi connectivity index (χ3v) is 4.80. The molecule has 0 aromatic heterocycles. The van der Waals surface area contributed by atoms with Gasteiger partial charge in [0.1, 0.15) is 10.7 Å². The molecule has 0 saturated heterocycles. The van der Waals surface area contributed by atoms with Crippen LogP contribution in [0.4, 0.5) is 10.1 Å². The molecule has 2 N–H and O–H groups in total. The van der Waals surface area contributed by atoms with Crippen LogP contribution in [0.2, 0.25) is 5.02 Å². The largest absolute Gasteiger partial charge is 0.396 e. The first-order valence-corrected chi connectivity index (χ1v) is 7.52. The number of nitrogens with zero attached hydrogens (tertiary/aromatic N) is 1. The molecule has 0 fully saturated rings. The summed E-state index contributed by atoms with van der Waals surface area (Å²) in [6, 6.07) is 1.94. The third kappa shape index (κ3) is 3.46. The van der Waals surface area contributed by atoms with Crippen molar-refractivity contribution in [3.8, 4) is 0 Å². The van der Waals surface area contributed by atoms with Gasteiger partial charge in [-0.2, -0.15) is 4.31 Å². The molecule has 0 unspecified atom stereocenters. The first-order valence-electron chi connectivity index (χ1n) is 5.70. The van der Waals surface area contributed by atoms with Crippen LogP contribution in [-0.2, 0) is 10.0 Å². The Labute approximate surface area is 117 Å². The Kier molecular flexibility index (Phi) is 5.34. The summed E-state index contributed by atoms with van der Waals surface area (Å²) in [5, 5.41) is -0.183. The molecule has 1 aromatic rings. The molecule has 0 aliphatic heterocycles. The quantitative estimate of drug-likeness (QED) is 0.649. The van der Waals surface area contributed by atoms with E-state index < -0.39 is 15.8 Å². The standard InChI is InChI=1S/C12H16ClFN2O2S/c1-3-5-16(6-4-2)19(17,18)12-8-11(15)10(14)7-9(12)13/h3,7-8H,1,4-6,15H2,2H3. The number of anilines is 1. The number of nitrogen functional groups attached to an aromatic ring is 1. The molecule has 0 amide bonds. The third-order valence-electron chi connectivity index (χ3n) is 2.47. The predicted molar refractivity (Wildman–Crippen MR) is 75.1 cm³/mol. The molecule has 19 heavy (non-hydrogen) atoms. The molecule has 0 radical (unpaired) electrons. The Balaban J connectivity index is 3.32. The smallest absolute Gasteiger partial charge is 0.244 e. The number of nitrogens with two attached hydrogens (primary N) is 1. The SMILES string of the molecule is C=CCN(CCC)S(=O)(=O)c1cc(N)c(F)cc1Cl. The fourth-order valence-electron chi connectivity index (χ4n) is 1.58. The van der Waals surface area contributed by atoms with Gasteiger partial charge in [-0.05, 0) is 18.6 Å². The fourth-order valence-corrected chi connectivity index (χ4v) is 3.61. The first-order chi connectivity index (χ1) is 8.84. The first kappa shape index (κ1) is 15.9. The normalized spacial score (nSPS) is 11.8. The van der Waals surface area contributed by atoms with Gasteiger partial charge in [-0.3, -0.25) is 0 Å². The van der Waals surface area contributed by atoms with Crippen molar-refractivity contribution >= 4 is 27.3 Å². The minimum absolute atomic E-state index is 0.157. The number of hydrogen-bond acceptors (Lipinski definition) is 3. The summed E-state index contributed by atoms with van der Waals surface area (Å²) < 4.78 is 39.3. The van der Waals surface area contributed by atoms with Crippen molar-refractivity contribution in [3.05, 3.63) is 35.6 Å². The Bertz CT molecular complexity index is 575. The van der Waals surface area contributed by atoms with Crippen molar-refractivity contribution < 1.29 is 12.8 Å². The maximum Gasteiger partial charge on any atom is 0.244 e. The van der Waals surface area contributed by atoms with Gasteiger partial charge >= 0.3 is 0 Å². The van der Waals surface area contributed by atoms with E-state index in [2.05, 4.69) is 6.58 Å². The van der Waals surface area contributed by atoms with E-state index in [1.807, 2.05) is 6.92 Å². The topological polar surface area (TPSA) is 63.4 Å². The molecule has 0 aliphatic rings. The highest BCUT2D eigenvalue weighted by Crippen LogP contribution is 2.28. The van der Waals surface area contributed by atoms with Gasteiger partial charge in [0.2, 0.25) is 10.0 Å². The molecular weight excluding hydrogens is 291 g/mol. The summed E-state index contributed by atoms with van der Waals surface area (Å²) in [6.07, 6.45) is 2.12. The van der Waals surface area contributed by atoms with Crippen molar-refractivity contribution in [1.29, 1.82) is 0 Å². The van der Waals surface area contributed by atoms with Gasteiger partial charge in [0, 0.05) is 13.1 Å². The number of rotatable bonds is 6. The van der Waals surface area contributed by atoms with E-state index in [0.29, 0.717) is 13.0 Å². The molecule has 0 spiro atoms. The molecule has 106 valence electrons. The van der Waals surface area contributed by atoms with Crippen LogP contribution in [0.1, 0.15) is 13.3 Å². The lowest BCUT2D eigenvalue weighted by atomic mass is 10.3. The Morgan fingerprint density at radius 1 is 1.53 bits per heavy atom. The van der Waals surface area contributed by atoms with Crippen LogP contribution in [0.25, 0.3) is 0 Å². The maximum atomic E-state index is 13.2. The van der Waals surface area contributed by atoms with Gasteiger partial charge in [0.15, 0.2) is 0 Å². The summed E-state index contributed by atoms with van der Waals surface area (Å²) in [6.45, 7) is 5.85. The highest BCUT2D eigenvalue weighted by Gasteiger charge is 2.26. The Hall–Kier alpha value is -1.11. The van der Waals surface area contributed by atoms with Crippen LogP contribution < -0.4 is 5.73 Å². The summed E-state index contributed by atoms with van der Waals surface area (Å²) in [4.78, 5) is -0.191. The van der Waals surface area contributed by atoms with Gasteiger partial charge in [0.05, 0.1) is 10.7 Å². The molecule has 1 aromatic carbocycles. The van der Waals surface area contributed by atoms with E-state index in [1.54, 1.807) is 0 Å². The second-order valence-electron chi connectivity index (χ2n) is 3.96. The molecule has 1 rings (SSSR count). The molecule has 0 saturated carbocycles. The van der Waals surface area contributed by atoms with Crippen LogP contribution in [0, 0.1) is 5.82 Å². The summed E-state index contributed by atoms with van der Waals surface area (Å²) in [5.74, 6) is -0.741. The van der Waals surface area contributed by atoms with Gasteiger partial charge in [0.25, 0.3) is 0 Å². The van der Waals surface area contributed by atoms with E-state index in [-0.39, 0.29) is 22.2 Å². The summed E-state index contributed by atoms with van der Waals surface area (Å²) >= 11 is 5.80. The van der Waals surface area contributed by atoms with Crippen molar-refractivity contribution in [2.24, 2.45) is 0 Å². The van der Waals surface area contributed by atoms with Crippen LogP contribution >= 0.6 is 11.6 Å². The fraction of sp³-hybridized carbons (Fsp3) is 0.333. The van der Waals surface area contributed by atoms with Gasteiger partial charge in [-0.15, -0.1) is 6.58 Å². The van der Waals surface area contributed by atoms with E-state index in [4.69, 9.17) is 17.3 Å². The Morgan fingerprint density at radius 2 is 2.16 bits per heavy atom. The molecule has 0 aliphatic carbocycles. The lowest BCUT2D eigenvalue weighted by Crippen LogP contribution is -2.32. The minimum Gasteiger partial charge on any atom is -0.396 e. The van der Waals surface area contributed by atoms with E-state index in [1.165, 1.54) is 10.4 Å². The predicted octanol–water partition coefficient (Wildman–Crippen LogP) is 2.65. The van der Waals surface area contributed by atoms with E-state index >= 15 is 0 Å². The zero-order chi connectivity index (χ0) is 14.6. The van der Waals surface area contributed by atoms with Crippen molar-refractivity contribution in [2.45, 2.75) is 18.2 Å². The van der Waals surface area contributed by atoms with Gasteiger partial charge in [-0.25, -0.2) is 12.8 Å². The number of halogens is 2. The average molecular weight is 307 g/mol. The lowest BCUT2D eigenvalue weighted by molar-refractivity contribution is 0.441. The average Bonchev–Trinajstić information content (AvgIpc) is 2.33. The highest BCUT2D eigenvalue weighted by atomic mass is 35.5. The van der Waals surface area contributed by atoms with Crippen molar-refractivity contribution in [2.75, 3.05) is 18.8 Å². The second-order valence-corrected chi connectivity index (χ2v) is 6.27. The molecule has 7 heteroatoms. The van der Waals surface area contributed by atoms with Gasteiger partial charge < -0.3 is 5.73 Å². The van der Waals surface area contributed by atoms with Crippen LogP contribution in [0.5, 0.6) is 0 Å². The van der Waals surface area contributed by atoms with Crippen LogP contribution in [0.3, 0.4) is 0 Å². The van der Waals surface area contributed by atoms with Gasteiger partial charge in [-0.1, -0.05) is 24.6 Å². The summed E-state index contributed by atoms with van der Waals surface area (Å²) in [7, 11) is -3.81. The van der Waals surface area contributed by atoms with E-state index in [0.717, 1.165) is 12.1 Å². The minimum atomic E-state index is -3.81. The number of benzene rings is 1. The van der Waals surface area contributed by atoms with Crippen LogP contribution in [-0.4, -0.2) is 25.8 Å². The number of sulfonamides is 1. The molecule has 4 nitrogen and oxygen atoms in total. The van der Waals surface area contributed by atoms with Crippen LogP contribution in [0.15, 0.2) is 29.7 Å².